The molecule has 1 unspecified atom stereocenters. The molecule has 0 bridgehead atoms. The van der Waals surface area contributed by atoms with E-state index in [9.17, 15) is 0 Å². The second kappa shape index (κ2) is 5.61. The molecule has 0 saturated carbocycles. The summed E-state index contributed by atoms with van der Waals surface area (Å²) in [6.45, 7) is 6.54. The molecule has 0 saturated heterocycles. The van der Waals surface area contributed by atoms with Gasteiger partial charge in [0.25, 0.3) is 0 Å². The molecule has 3 nitrogen and oxygen atoms in total. The van der Waals surface area contributed by atoms with E-state index in [4.69, 9.17) is 0 Å². The summed E-state index contributed by atoms with van der Waals surface area (Å²) in [4.78, 5) is 6.64. The third-order valence-corrected chi connectivity index (χ3v) is 3.17. The second-order valence-electron chi connectivity index (χ2n) is 4.29. The SMILES string of the molecule is CC(C)C(CN(C)C)NC1=NCCS1. The predicted molar refractivity (Wildman–Crippen MR) is 65.1 cm³/mol. The zero-order valence-corrected chi connectivity index (χ0v) is 10.4. The molecule has 0 fully saturated rings. The van der Waals surface area contributed by atoms with Crippen molar-refractivity contribution in [3.05, 3.63) is 0 Å². The summed E-state index contributed by atoms with van der Waals surface area (Å²) in [5, 5.41) is 4.65. The lowest BCUT2D eigenvalue weighted by molar-refractivity contribution is 0.314. The summed E-state index contributed by atoms with van der Waals surface area (Å²) >= 11 is 1.84. The maximum atomic E-state index is 4.42. The van der Waals surface area contributed by atoms with Gasteiger partial charge in [0.2, 0.25) is 0 Å². The number of hydrogen-bond acceptors (Lipinski definition) is 4. The first kappa shape index (κ1) is 11.9. The first-order chi connectivity index (χ1) is 6.59. The highest BCUT2D eigenvalue weighted by molar-refractivity contribution is 8.14. The van der Waals surface area contributed by atoms with Gasteiger partial charge >= 0.3 is 0 Å². The Morgan fingerprint density at radius 1 is 1.50 bits per heavy atom. The molecule has 82 valence electrons. The highest BCUT2D eigenvalue weighted by atomic mass is 32.2. The van der Waals surface area contributed by atoms with Crippen molar-refractivity contribution in [1.82, 2.24) is 10.2 Å². The van der Waals surface area contributed by atoms with Crippen LogP contribution in [0.15, 0.2) is 4.99 Å². The van der Waals surface area contributed by atoms with Crippen LogP contribution in [0.1, 0.15) is 13.8 Å². The van der Waals surface area contributed by atoms with Crippen molar-refractivity contribution in [2.45, 2.75) is 19.9 Å². The summed E-state index contributed by atoms with van der Waals surface area (Å²) in [5.41, 5.74) is 0. The molecule has 1 rings (SSSR count). The van der Waals surface area contributed by atoms with Crippen LogP contribution in [0.2, 0.25) is 0 Å². The van der Waals surface area contributed by atoms with E-state index in [0.717, 1.165) is 24.0 Å². The summed E-state index contributed by atoms with van der Waals surface area (Å²) < 4.78 is 0. The van der Waals surface area contributed by atoms with Crippen molar-refractivity contribution in [1.29, 1.82) is 0 Å². The maximum absolute atomic E-state index is 4.42. The van der Waals surface area contributed by atoms with Gasteiger partial charge in [0.05, 0.1) is 6.54 Å². The zero-order chi connectivity index (χ0) is 10.6. The van der Waals surface area contributed by atoms with Crippen LogP contribution in [-0.4, -0.2) is 49.0 Å². The number of hydrogen-bond donors (Lipinski definition) is 1. The van der Waals surface area contributed by atoms with Gasteiger partial charge in [0.15, 0.2) is 5.17 Å². The average molecular weight is 215 g/mol. The molecule has 0 amide bonds. The van der Waals surface area contributed by atoms with Gasteiger partial charge in [0, 0.05) is 18.3 Å². The van der Waals surface area contributed by atoms with Gasteiger partial charge in [-0.25, -0.2) is 0 Å². The number of thioether (sulfide) groups is 1. The van der Waals surface area contributed by atoms with Gasteiger partial charge in [-0.15, -0.1) is 0 Å². The lowest BCUT2D eigenvalue weighted by atomic mass is 10.0. The molecule has 0 spiro atoms. The third kappa shape index (κ3) is 3.88. The number of nitrogens with one attached hydrogen (secondary N) is 1. The second-order valence-corrected chi connectivity index (χ2v) is 5.38. The summed E-state index contributed by atoms with van der Waals surface area (Å²) in [6, 6.07) is 0.509. The Bertz CT molecular complexity index is 202. The lowest BCUT2D eigenvalue weighted by Crippen LogP contribution is -2.43. The maximum Gasteiger partial charge on any atom is 0.156 e. The minimum atomic E-state index is 0.509. The van der Waals surface area contributed by atoms with Crippen molar-refractivity contribution in [3.63, 3.8) is 0 Å². The first-order valence-corrected chi connectivity index (χ1v) is 6.16. The zero-order valence-electron chi connectivity index (χ0n) is 9.58. The van der Waals surface area contributed by atoms with Gasteiger partial charge in [-0.1, -0.05) is 25.6 Å². The molecule has 1 atom stereocenters. The summed E-state index contributed by atoms with van der Waals surface area (Å²) in [6.07, 6.45) is 0. The Labute approximate surface area is 91.3 Å². The van der Waals surface area contributed by atoms with E-state index >= 15 is 0 Å². The van der Waals surface area contributed by atoms with Gasteiger partial charge in [-0.3, -0.25) is 4.99 Å². The van der Waals surface area contributed by atoms with Crippen LogP contribution in [0.3, 0.4) is 0 Å². The van der Waals surface area contributed by atoms with Crippen molar-refractivity contribution >= 4 is 16.9 Å². The molecular formula is C10H21N3S. The van der Waals surface area contributed by atoms with Gasteiger partial charge in [-0.2, -0.15) is 0 Å². The summed E-state index contributed by atoms with van der Waals surface area (Å²) in [7, 11) is 4.22. The number of rotatable bonds is 4. The first-order valence-electron chi connectivity index (χ1n) is 5.18. The Morgan fingerprint density at radius 2 is 2.21 bits per heavy atom. The Balaban J connectivity index is 2.42. The molecule has 0 aromatic rings. The molecule has 1 aliphatic heterocycles. The average Bonchev–Trinajstić information content (AvgIpc) is 2.54. The number of nitrogens with zero attached hydrogens (tertiary/aromatic N) is 2. The summed E-state index contributed by atoms with van der Waals surface area (Å²) in [5.74, 6) is 1.77. The molecule has 1 aliphatic rings. The standard InChI is InChI=1S/C10H21N3S/c1-8(2)9(7-13(3)4)12-10-11-5-6-14-10/h8-9H,5-7H2,1-4H3,(H,11,12). The third-order valence-electron chi connectivity index (χ3n) is 2.26. The van der Waals surface area contributed by atoms with Crippen LogP contribution in [-0.2, 0) is 0 Å². The van der Waals surface area contributed by atoms with Crippen molar-refractivity contribution < 1.29 is 0 Å². The molecule has 0 aliphatic carbocycles. The minimum absolute atomic E-state index is 0.509. The number of amidine groups is 1. The Morgan fingerprint density at radius 3 is 2.64 bits per heavy atom. The predicted octanol–water partition coefficient (Wildman–Crippen LogP) is 1.27. The quantitative estimate of drug-likeness (QED) is 0.765. The fourth-order valence-electron chi connectivity index (χ4n) is 1.40. The highest BCUT2D eigenvalue weighted by Gasteiger charge is 2.17. The van der Waals surface area contributed by atoms with Crippen LogP contribution >= 0.6 is 11.8 Å². The largest absolute Gasteiger partial charge is 0.361 e. The van der Waals surface area contributed by atoms with E-state index < -0.39 is 0 Å². The van der Waals surface area contributed by atoms with Crippen LogP contribution < -0.4 is 5.32 Å². The molecule has 0 aromatic carbocycles. The molecule has 14 heavy (non-hydrogen) atoms. The van der Waals surface area contributed by atoms with Gasteiger partial charge in [0.1, 0.15) is 0 Å². The molecule has 1 heterocycles. The molecule has 4 heteroatoms. The Kier molecular flexibility index (Phi) is 4.75. The fraction of sp³-hybridized carbons (Fsp3) is 0.900. The van der Waals surface area contributed by atoms with Crippen LogP contribution in [0.5, 0.6) is 0 Å². The normalized spacial score (nSPS) is 18.9. The van der Waals surface area contributed by atoms with E-state index in [-0.39, 0.29) is 0 Å². The minimum Gasteiger partial charge on any atom is -0.361 e. The molecular weight excluding hydrogens is 194 g/mol. The van der Waals surface area contributed by atoms with Crippen LogP contribution in [0.4, 0.5) is 0 Å². The van der Waals surface area contributed by atoms with Crippen molar-refractivity contribution in [2.24, 2.45) is 10.9 Å². The number of likely N-dealkylation sites (N-methyl/N-ethyl adjacent to an activating group) is 1. The highest BCUT2D eigenvalue weighted by Crippen LogP contribution is 2.12. The van der Waals surface area contributed by atoms with Crippen LogP contribution in [0, 0.1) is 5.92 Å². The monoisotopic (exact) mass is 215 g/mol. The topological polar surface area (TPSA) is 27.6 Å². The van der Waals surface area contributed by atoms with E-state index in [2.05, 4.69) is 43.2 Å². The number of aliphatic imine (C=N–C) groups is 1. The van der Waals surface area contributed by atoms with Crippen molar-refractivity contribution in [2.75, 3.05) is 32.9 Å². The molecule has 0 aromatic heterocycles. The van der Waals surface area contributed by atoms with E-state index in [1.54, 1.807) is 0 Å². The Hall–Kier alpha value is -0.220. The van der Waals surface area contributed by atoms with Gasteiger partial charge in [-0.05, 0) is 20.0 Å². The van der Waals surface area contributed by atoms with Crippen LogP contribution in [0.25, 0.3) is 0 Å². The van der Waals surface area contributed by atoms with E-state index in [0.29, 0.717) is 12.0 Å². The van der Waals surface area contributed by atoms with Crippen molar-refractivity contribution in [3.8, 4) is 0 Å². The lowest BCUT2D eigenvalue weighted by Gasteiger charge is -2.26. The van der Waals surface area contributed by atoms with E-state index in [1.807, 2.05) is 11.8 Å². The van der Waals surface area contributed by atoms with E-state index in [1.165, 1.54) is 0 Å². The molecule has 1 N–H and O–H groups in total. The fourth-order valence-corrected chi connectivity index (χ4v) is 2.19. The van der Waals surface area contributed by atoms with Gasteiger partial charge < -0.3 is 10.2 Å². The smallest absolute Gasteiger partial charge is 0.156 e. The molecule has 0 radical (unpaired) electrons.